The van der Waals surface area contributed by atoms with Crippen molar-refractivity contribution >= 4 is 22.7 Å². The lowest BCUT2D eigenvalue weighted by Gasteiger charge is -2.31. The molecule has 0 radical (unpaired) electrons. The maximum Gasteiger partial charge on any atom is 0.212 e. The SMILES string of the molecule is CCCC1=CN(c2ccccc2)C(Oc2cccc3ccccc23)C=N1. The largest absolute Gasteiger partial charge is 0.464 e. The van der Waals surface area contributed by atoms with Gasteiger partial charge in [0, 0.05) is 17.3 Å². The average molecular weight is 342 g/mol. The highest BCUT2D eigenvalue weighted by Gasteiger charge is 2.22. The Hall–Kier alpha value is -3.07. The second-order valence-corrected chi connectivity index (χ2v) is 6.38. The summed E-state index contributed by atoms with van der Waals surface area (Å²) < 4.78 is 6.39. The van der Waals surface area contributed by atoms with Gasteiger partial charge in [0.2, 0.25) is 6.23 Å². The molecule has 1 aliphatic rings. The normalized spacial score (nSPS) is 16.6. The van der Waals surface area contributed by atoms with E-state index < -0.39 is 0 Å². The number of ether oxygens (including phenoxy) is 1. The lowest BCUT2D eigenvalue weighted by Crippen LogP contribution is -2.39. The summed E-state index contributed by atoms with van der Waals surface area (Å²) in [6.07, 6.45) is 5.76. The topological polar surface area (TPSA) is 24.8 Å². The van der Waals surface area contributed by atoms with Crippen molar-refractivity contribution in [2.45, 2.75) is 26.0 Å². The number of benzene rings is 3. The smallest absolute Gasteiger partial charge is 0.212 e. The third kappa shape index (κ3) is 3.33. The second-order valence-electron chi connectivity index (χ2n) is 6.38. The third-order valence-corrected chi connectivity index (χ3v) is 4.49. The van der Waals surface area contributed by atoms with E-state index >= 15 is 0 Å². The first-order valence-corrected chi connectivity index (χ1v) is 9.08. The number of allylic oxidation sites excluding steroid dienone is 1. The van der Waals surface area contributed by atoms with Gasteiger partial charge in [0.1, 0.15) is 5.75 Å². The predicted molar refractivity (Wildman–Crippen MR) is 109 cm³/mol. The number of hydrogen-bond donors (Lipinski definition) is 0. The van der Waals surface area contributed by atoms with Gasteiger partial charge >= 0.3 is 0 Å². The van der Waals surface area contributed by atoms with E-state index in [1.54, 1.807) is 0 Å². The summed E-state index contributed by atoms with van der Waals surface area (Å²) in [4.78, 5) is 6.77. The van der Waals surface area contributed by atoms with Gasteiger partial charge in [-0.3, -0.25) is 4.99 Å². The molecule has 3 aromatic rings. The van der Waals surface area contributed by atoms with E-state index in [0.717, 1.165) is 35.4 Å². The first kappa shape index (κ1) is 16.4. The Morgan fingerprint density at radius 1 is 0.923 bits per heavy atom. The molecule has 3 nitrogen and oxygen atoms in total. The van der Waals surface area contributed by atoms with Gasteiger partial charge in [0.15, 0.2) is 0 Å². The van der Waals surface area contributed by atoms with Crippen LogP contribution in [0.1, 0.15) is 19.8 Å². The maximum absolute atomic E-state index is 6.39. The molecule has 0 aliphatic carbocycles. The fourth-order valence-corrected chi connectivity index (χ4v) is 3.22. The van der Waals surface area contributed by atoms with Crippen molar-refractivity contribution in [3.63, 3.8) is 0 Å². The molecule has 0 saturated carbocycles. The molecular formula is C23H22N2O. The Labute approximate surface area is 154 Å². The Kier molecular flexibility index (Phi) is 4.69. The first-order valence-electron chi connectivity index (χ1n) is 9.08. The number of anilines is 1. The molecule has 0 N–H and O–H groups in total. The zero-order valence-corrected chi connectivity index (χ0v) is 14.9. The molecule has 4 rings (SSSR count). The van der Waals surface area contributed by atoms with Gasteiger partial charge in [-0.2, -0.15) is 0 Å². The van der Waals surface area contributed by atoms with Crippen LogP contribution < -0.4 is 9.64 Å². The molecule has 0 fully saturated rings. The number of aliphatic imine (C=N–C) groups is 1. The first-order chi connectivity index (χ1) is 12.8. The summed E-state index contributed by atoms with van der Waals surface area (Å²) in [5, 5.41) is 2.28. The molecule has 1 aliphatic heterocycles. The van der Waals surface area contributed by atoms with Crippen molar-refractivity contribution in [1.82, 2.24) is 0 Å². The van der Waals surface area contributed by atoms with Crippen molar-refractivity contribution in [1.29, 1.82) is 0 Å². The van der Waals surface area contributed by atoms with Crippen molar-refractivity contribution in [3.8, 4) is 5.75 Å². The molecule has 0 spiro atoms. The van der Waals surface area contributed by atoms with Crippen LogP contribution in [0.5, 0.6) is 5.75 Å². The van der Waals surface area contributed by atoms with Gasteiger partial charge in [-0.05, 0) is 30.0 Å². The van der Waals surface area contributed by atoms with Gasteiger partial charge < -0.3 is 9.64 Å². The highest BCUT2D eigenvalue weighted by molar-refractivity contribution is 5.88. The van der Waals surface area contributed by atoms with Crippen LogP contribution in [-0.4, -0.2) is 12.4 Å². The fourth-order valence-electron chi connectivity index (χ4n) is 3.22. The van der Waals surface area contributed by atoms with Gasteiger partial charge in [0.25, 0.3) is 0 Å². The zero-order chi connectivity index (χ0) is 17.8. The van der Waals surface area contributed by atoms with Gasteiger partial charge in [-0.1, -0.05) is 67.9 Å². The highest BCUT2D eigenvalue weighted by Crippen LogP contribution is 2.29. The Balaban J connectivity index is 1.69. The van der Waals surface area contributed by atoms with Crippen LogP contribution in [0.2, 0.25) is 0 Å². The van der Waals surface area contributed by atoms with Crippen LogP contribution >= 0.6 is 0 Å². The van der Waals surface area contributed by atoms with E-state index in [1.165, 1.54) is 5.39 Å². The molecule has 1 atom stereocenters. The molecule has 3 aromatic carbocycles. The van der Waals surface area contributed by atoms with Crippen molar-refractivity contribution in [3.05, 3.63) is 84.7 Å². The average Bonchev–Trinajstić information content (AvgIpc) is 2.70. The minimum atomic E-state index is -0.274. The van der Waals surface area contributed by atoms with Gasteiger partial charge in [-0.15, -0.1) is 0 Å². The Morgan fingerprint density at radius 3 is 2.54 bits per heavy atom. The number of hydrogen-bond acceptors (Lipinski definition) is 3. The molecule has 0 saturated heterocycles. The summed E-state index contributed by atoms with van der Waals surface area (Å²) in [6, 6.07) is 24.7. The second kappa shape index (κ2) is 7.44. The molecule has 0 amide bonds. The van der Waals surface area contributed by atoms with Crippen molar-refractivity contribution in [2.75, 3.05) is 4.90 Å². The molecule has 0 bridgehead atoms. The van der Waals surface area contributed by atoms with Crippen molar-refractivity contribution < 1.29 is 4.74 Å². The molecule has 1 unspecified atom stereocenters. The third-order valence-electron chi connectivity index (χ3n) is 4.49. The number of fused-ring (bicyclic) bond motifs is 1. The lowest BCUT2D eigenvalue weighted by atomic mass is 10.1. The summed E-state index contributed by atoms with van der Waals surface area (Å²) in [6.45, 7) is 2.17. The highest BCUT2D eigenvalue weighted by atomic mass is 16.5. The van der Waals surface area contributed by atoms with E-state index in [4.69, 9.17) is 4.74 Å². The summed E-state index contributed by atoms with van der Waals surface area (Å²) in [5.74, 6) is 0.868. The van der Waals surface area contributed by atoms with Crippen LogP contribution in [0.3, 0.4) is 0 Å². The van der Waals surface area contributed by atoms with E-state index in [9.17, 15) is 0 Å². The standard InChI is InChI=1S/C23H22N2O/c1-2-9-19-17-25(20-12-4-3-5-13-20)23(16-24-19)26-22-15-8-11-18-10-6-7-14-21(18)22/h3-8,10-17,23H,2,9H2,1H3. The Bertz CT molecular complexity index is 941. The number of rotatable bonds is 5. The maximum atomic E-state index is 6.39. The number of para-hydroxylation sites is 1. The molecule has 130 valence electrons. The predicted octanol–water partition coefficient (Wildman–Crippen LogP) is 5.78. The monoisotopic (exact) mass is 342 g/mol. The van der Waals surface area contributed by atoms with Crippen LogP contribution in [0.4, 0.5) is 5.69 Å². The molecule has 1 heterocycles. The van der Waals surface area contributed by atoms with Crippen LogP contribution in [0.15, 0.2) is 89.7 Å². The molecule has 26 heavy (non-hydrogen) atoms. The molecular weight excluding hydrogens is 320 g/mol. The lowest BCUT2D eigenvalue weighted by molar-refractivity contribution is 0.277. The molecule has 0 aromatic heterocycles. The van der Waals surface area contributed by atoms with Crippen LogP contribution in [0.25, 0.3) is 10.8 Å². The van der Waals surface area contributed by atoms with E-state index in [1.807, 2.05) is 48.7 Å². The minimum Gasteiger partial charge on any atom is -0.464 e. The summed E-state index contributed by atoms with van der Waals surface area (Å²) >= 11 is 0. The quantitative estimate of drug-likeness (QED) is 0.587. The summed E-state index contributed by atoms with van der Waals surface area (Å²) in [5.41, 5.74) is 2.17. The fraction of sp³-hybridized carbons (Fsp3) is 0.174. The van der Waals surface area contributed by atoms with Gasteiger partial charge in [0.05, 0.1) is 11.9 Å². The summed E-state index contributed by atoms with van der Waals surface area (Å²) in [7, 11) is 0. The zero-order valence-electron chi connectivity index (χ0n) is 14.9. The number of nitrogens with zero attached hydrogens (tertiary/aromatic N) is 2. The minimum absolute atomic E-state index is 0.274. The van der Waals surface area contributed by atoms with E-state index in [0.29, 0.717) is 0 Å². The van der Waals surface area contributed by atoms with Crippen LogP contribution in [-0.2, 0) is 0 Å². The van der Waals surface area contributed by atoms with Crippen LogP contribution in [0, 0.1) is 0 Å². The van der Waals surface area contributed by atoms with E-state index in [2.05, 4.69) is 53.3 Å². The molecule has 3 heteroatoms. The van der Waals surface area contributed by atoms with E-state index in [-0.39, 0.29) is 6.23 Å². The van der Waals surface area contributed by atoms with Gasteiger partial charge in [-0.25, -0.2) is 0 Å². The van der Waals surface area contributed by atoms with Crippen molar-refractivity contribution in [2.24, 2.45) is 4.99 Å². The Morgan fingerprint density at radius 2 is 1.69 bits per heavy atom.